The van der Waals surface area contributed by atoms with Crippen LogP contribution in [0.3, 0.4) is 0 Å². The zero-order chi connectivity index (χ0) is 18.6. The second kappa shape index (κ2) is 7.86. The largest absolute Gasteiger partial charge is 0.481 e. The van der Waals surface area contributed by atoms with Crippen molar-refractivity contribution in [1.82, 2.24) is 15.1 Å². The van der Waals surface area contributed by atoms with Gasteiger partial charge in [0.2, 0.25) is 0 Å². The van der Waals surface area contributed by atoms with Crippen molar-refractivity contribution < 1.29 is 19.4 Å². The zero-order valence-corrected chi connectivity index (χ0v) is 15.1. The molecule has 2 aromatic rings. The van der Waals surface area contributed by atoms with Crippen LogP contribution in [0, 0.1) is 0 Å². The van der Waals surface area contributed by atoms with E-state index in [-0.39, 0.29) is 18.6 Å². The summed E-state index contributed by atoms with van der Waals surface area (Å²) >= 11 is 12.0. The van der Waals surface area contributed by atoms with Crippen LogP contribution >= 0.6 is 23.2 Å². The first-order valence-electron chi connectivity index (χ1n) is 7.27. The van der Waals surface area contributed by atoms with Gasteiger partial charge in [-0.2, -0.15) is 5.10 Å². The number of carboxylic acids is 1. The molecule has 0 saturated heterocycles. The van der Waals surface area contributed by atoms with Crippen molar-refractivity contribution in [2.75, 3.05) is 13.7 Å². The number of aliphatic carboxylic acids is 1. The summed E-state index contributed by atoms with van der Waals surface area (Å²) in [5.41, 5.74) is -0.216. The number of ether oxygens (including phenoxy) is 1. The Labute approximate surface area is 154 Å². The molecule has 0 fully saturated rings. The Hall–Kier alpha value is -2.09. The SMILES string of the molecule is COCC(C)(CC(=O)O)NC(=O)c1cnn(-c2ccc(Cl)cc2Cl)c1. The van der Waals surface area contributed by atoms with Crippen molar-refractivity contribution in [1.29, 1.82) is 0 Å². The highest BCUT2D eigenvalue weighted by Gasteiger charge is 2.30. The molecular formula is C16H17Cl2N3O4. The predicted molar refractivity (Wildman–Crippen MR) is 93.6 cm³/mol. The van der Waals surface area contributed by atoms with Crippen LogP contribution in [0.4, 0.5) is 0 Å². The molecule has 1 heterocycles. The van der Waals surface area contributed by atoms with Gasteiger partial charge >= 0.3 is 5.97 Å². The number of hydrogen-bond donors (Lipinski definition) is 2. The Morgan fingerprint density at radius 2 is 2.12 bits per heavy atom. The molecule has 25 heavy (non-hydrogen) atoms. The lowest BCUT2D eigenvalue weighted by Crippen LogP contribution is -2.50. The summed E-state index contributed by atoms with van der Waals surface area (Å²) in [6, 6.07) is 4.91. The molecular weight excluding hydrogens is 369 g/mol. The summed E-state index contributed by atoms with van der Waals surface area (Å²) in [7, 11) is 1.44. The van der Waals surface area contributed by atoms with Gasteiger partial charge in [-0.05, 0) is 25.1 Å². The molecule has 2 N–H and O–H groups in total. The number of aromatic nitrogens is 2. The lowest BCUT2D eigenvalue weighted by atomic mass is 9.98. The van der Waals surface area contributed by atoms with Crippen molar-refractivity contribution in [3.05, 3.63) is 46.2 Å². The molecule has 1 aromatic heterocycles. The molecule has 0 aliphatic carbocycles. The third-order valence-corrected chi connectivity index (χ3v) is 3.96. The fourth-order valence-electron chi connectivity index (χ4n) is 2.37. The van der Waals surface area contributed by atoms with E-state index >= 15 is 0 Å². The Morgan fingerprint density at radius 3 is 2.72 bits per heavy atom. The normalized spacial score (nSPS) is 13.3. The number of nitrogens with zero attached hydrogens (tertiary/aromatic N) is 2. The summed E-state index contributed by atoms with van der Waals surface area (Å²) in [5, 5.41) is 16.7. The maximum atomic E-state index is 12.4. The number of carboxylic acid groups (broad SMARTS) is 1. The highest BCUT2D eigenvalue weighted by molar-refractivity contribution is 6.35. The molecule has 7 nitrogen and oxygen atoms in total. The molecule has 0 radical (unpaired) electrons. The number of amides is 1. The average Bonchev–Trinajstić information content (AvgIpc) is 2.95. The molecule has 0 bridgehead atoms. The summed E-state index contributed by atoms with van der Waals surface area (Å²) < 4.78 is 6.46. The van der Waals surface area contributed by atoms with Crippen LogP contribution in [-0.2, 0) is 9.53 Å². The molecule has 134 valence electrons. The minimum absolute atomic E-state index is 0.0577. The number of nitrogens with one attached hydrogen (secondary N) is 1. The Morgan fingerprint density at radius 1 is 1.40 bits per heavy atom. The minimum atomic E-state index is -1.04. The van der Waals surface area contributed by atoms with E-state index in [4.69, 9.17) is 33.0 Å². The van der Waals surface area contributed by atoms with Gasteiger partial charge in [0.25, 0.3) is 5.91 Å². The number of halogens is 2. The van der Waals surface area contributed by atoms with Crippen molar-refractivity contribution in [2.24, 2.45) is 0 Å². The summed E-state index contributed by atoms with van der Waals surface area (Å²) in [5.74, 6) is -1.50. The number of benzene rings is 1. The molecule has 1 amide bonds. The first-order chi connectivity index (χ1) is 11.7. The molecule has 0 aliphatic rings. The van der Waals surface area contributed by atoms with E-state index in [1.54, 1.807) is 25.1 Å². The van der Waals surface area contributed by atoms with Gasteiger partial charge in [-0.1, -0.05) is 23.2 Å². The standard InChI is InChI=1S/C16H17Cl2N3O4/c1-16(9-25-2,6-14(22)23)20-15(24)10-7-19-21(8-10)13-4-3-11(17)5-12(13)18/h3-5,7-8H,6,9H2,1-2H3,(H,20,24)(H,22,23). The van der Waals surface area contributed by atoms with Crippen LogP contribution in [0.5, 0.6) is 0 Å². The van der Waals surface area contributed by atoms with Crippen LogP contribution in [0.25, 0.3) is 5.69 Å². The molecule has 0 saturated carbocycles. The molecule has 9 heteroatoms. The van der Waals surface area contributed by atoms with Crippen LogP contribution in [0.15, 0.2) is 30.6 Å². The number of hydrogen-bond acceptors (Lipinski definition) is 4. The quantitative estimate of drug-likeness (QED) is 0.763. The van der Waals surface area contributed by atoms with E-state index in [0.717, 1.165) is 0 Å². The lowest BCUT2D eigenvalue weighted by molar-refractivity contribution is -0.139. The average molecular weight is 386 g/mol. The smallest absolute Gasteiger partial charge is 0.305 e. The van der Waals surface area contributed by atoms with E-state index in [0.29, 0.717) is 15.7 Å². The van der Waals surface area contributed by atoms with Crippen LogP contribution in [-0.4, -0.2) is 46.0 Å². The summed E-state index contributed by atoms with van der Waals surface area (Å²) in [6.45, 7) is 1.66. The van der Waals surface area contributed by atoms with Gasteiger partial charge in [-0.25, -0.2) is 4.68 Å². The molecule has 1 atom stereocenters. The second-order valence-corrected chi connectivity index (χ2v) is 6.63. The number of rotatable bonds is 7. The number of carbonyl (C=O) groups excluding carboxylic acids is 1. The van der Waals surface area contributed by atoms with Gasteiger partial charge in [0.1, 0.15) is 0 Å². The van der Waals surface area contributed by atoms with E-state index in [1.807, 2.05) is 0 Å². The lowest BCUT2D eigenvalue weighted by Gasteiger charge is -2.28. The minimum Gasteiger partial charge on any atom is -0.481 e. The number of carbonyl (C=O) groups is 2. The van der Waals surface area contributed by atoms with Gasteiger partial charge in [0.15, 0.2) is 0 Å². The maximum Gasteiger partial charge on any atom is 0.305 e. The summed E-state index contributed by atoms with van der Waals surface area (Å²) in [6.07, 6.45) is 2.59. The topological polar surface area (TPSA) is 93.4 Å². The van der Waals surface area contributed by atoms with E-state index in [9.17, 15) is 9.59 Å². The Kier molecular flexibility index (Phi) is 6.05. The molecule has 0 aliphatic heterocycles. The third-order valence-electron chi connectivity index (χ3n) is 3.42. The summed E-state index contributed by atoms with van der Waals surface area (Å²) in [4.78, 5) is 23.4. The van der Waals surface area contributed by atoms with E-state index in [1.165, 1.54) is 24.2 Å². The highest BCUT2D eigenvalue weighted by atomic mass is 35.5. The first kappa shape index (κ1) is 19.2. The van der Waals surface area contributed by atoms with Gasteiger partial charge < -0.3 is 15.2 Å². The Bertz CT molecular complexity index is 793. The molecule has 2 rings (SSSR count). The van der Waals surface area contributed by atoms with Crippen LogP contribution < -0.4 is 5.32 Å². The van der Waals surface area contributed by atoms with Gasteiger partial charge in [-0.15, -0.1) is 0 Å². The van der Waals surface area contributed by atoms with E-state index in [2.05, 4.69) is 10.4 Å². The predicted octanol–water partition coefficient (Wildman–Crippen LogP) is 2.79. The van der Waals surface area contributed by atoms with Crippen molar-refractivity contribution in [2.45, 2.75) is 18.9 Å². The second-order valence-electron chi connectivity index (χ2n) is 5.79. The Balaban J connectivity index is 2.20. The number of methoxy groups -OCH3 is 1. The van der Waals surface area contributed by atoms with Gasteiger partial charge in [-0.3, -0.25) is 9.59 Å². The van der Waals surface area contributed by atoms with Gasteiger partial charge in [0.05, 0.1) is 41.0 Å². The van der Waals surface area contributed by atoms with Crippen molar-refractivity contribution >= 4 is 35.1 Å². The molecule has 1 aromatic carbocycles. The van der Waals surface area contributed by atoms with Crippen LogP contribution in [0.2, 0.25) is 10.0 Å². The maximum absolute atomic E-state index is 12.4. The van der Waals surface area contributed by atoms with E-state index < -0.39 is 17.4 Å². The zero-order valence-electron chi connectivity index (χ0n) is 13.6. The van der Waals surface area contributed by atoms with Gasteiger partial charge in [0, 0.05) is 18.3 Å². The van der Waals surface area contributed by atoms with Crippen molar-refractivity contribution in [3.63, 3.8) is 0 Å². The third kappa shape index (κ3) is 4.94. The van der Waals surface area contributed by atoms with Crippen LogP contribution in [0.1, 0.15) is 23.7 Å². The highest BCUT2D eigenvalue weighted by Crippen LogP contribution is 2.24. The fourth-order valence-corrected chi connectivity index (χ4v) is 2.86. The monoisotopic (exact) mass is 385 g/mol. The molecule has 0 spiro atoms. The van der Waals surface area contributed by atoms with Crippen molar-refractivity contribution in [3.8, 4) is 5.69 Å². The fraction of sp³-hybridized carbons (Fsp3) is 0.312. The first-order valence-corrected chi connectivity index (χ1v) is 8.03. The molecule has 1 unspecified atom stereocenters.